The lowest BCUT2D eigenvalue weighted by molar-refractivity contribution is 0.0115. The molecular formula is C22H27IN4O4. The number of ether oxygens (including phenoxy) is 4. The number of nitrogen functional groups attached to an aromatic ring is 2. The van der Waals surface area contributed by atoms with E-state index in [9.17, 15) is 0 Å². The van der Waals surface area contributed by atoms with Gasteiger partial charge >= 0.3 is 0 Å². The number of hydrogen-bond acceptors (Lipinski definition) is 8. The first-order valence-corrected chi connectivity index (χ1v) is 11.2. The minimum absolute atomic E-state index is 0.320. The fourth-order valence-corrected chi connectivity index (χ4v) is 3.48. The van der Waals surface area contributed by atoms with Crippen molar-refractivity contribution in [3.05, 3.63) is 40.0 Å². The molecule has 166 valence electrons. The molecule has 1 heterocycles. The molecule has 0 amide bonds. The summed E-state index contributed by atoms with van der Waals surface area (Å²) in [5, 5.41) is 0.605. The molecule has 2 aromatic carbocycles. The van der Waals surface area contributed by atoms with Gasteiger partial charge in [-0.1, -0.05) is 12.1 Å². The molecule has 0 saturated heterocycles. The number of aromatic nitrogens is 2. The van der Waals surface area contributed by atoms with Gasteiger partial charge in [0.2, 0.25) is 0 Å². The van der Waals surface area contributed by atoms with Crippen molar-refractivity contribution in [3.8, 4) is 17.1 Å². The van der Waals surface area contributed by atoms with Crippen molar-refractivity contribution in [2.75, 3.05) is 57.7 Å². The summed E-state index contributed by atoms with van der Waals surface area (Å²) >= 11 is 2.25. The van der Waals surface area contributed by atoms with Crippen LogP contribution in [0.3, 0.4) is 0 Å². The van der Waals surface area contributed by atoms with Gasteiger partial charge < -0.3 is 30.4 Å². The maximum Gasteiger partial charge on any atom is 0.162 e. The van der Waals surface area contributed by atoms with E-state index >= 15 is 0 Å². The van der Waals surface area contributed by atoms with Gasteiger partial charge in [0.05, 0.1) is 49.6 Å². The first-order valence-electron chi connectivity index (χ1n) is 10.1. The third-order valence-electron chi connectivity index (χ3n) is 4.38. The molecule has 0 spiro atoms. The molecule has 31 heavy (non-hydrogen) atoms. The molecule has 0 aliphatic rings. The highest BCUT2D eigenvalue weighted by atomic mass is 127. The van der Waals surface area contributed by atoms with Crippen molar-refractivity contribution < 1.29 is 18.9 Å². The van der Waals surface area contributed by atoms with E-state index in [-0.39, 0.29) is 0 Å². The molecule has 0 bridgehead atoms. The fraction of sp³-hybridized carbons (Fsp3) is 0.364. The lowest BCUT2D eigenvalue weighted by atomic mass is 10.1. The van der Waals surface area contributed by atoms with E-state index in [0.29, 0.717) is 80.2 Å². The largest absolute Gasteiger partial charge is 0.488 e. The molecule has 0 saturated carbocycles. The second kappa shape index (κ2) is 12.0. The van der Waals surface area contributed by atoms with Gasteiger partial charge in [0, 0.05) is 15.7 Å². The predicted octanol–water partition coefficient (Wildman–Crippen LogP) is 3.51. The summed E-state index contributed by atoms with van der Waals surface area (Å²) in [6.45, 7) is 5.49. The van der Waals surface area contributed by atoms with E-state index in [2.05, 4.69) is 32.6 Å². The number of hydrogen-bond donors (Lipinski definition) is 2. The van der Waals surface area contributed by atoms with E-state index < -0.39 is 0 Å². The Labute approximate surface area is 195 Å². The van der Waals surface area contributed by atoms with Crippen LogP contribution in [0.1, 0.15) is 6.92 Å². The molecule has 0 aliphatic heterocycles. The zero-order valence-electron chi connectivity index (χ0n) is 17.5. The zero-order valence-corrected chi connectivity index (χ0v) is 19.6. The molecule has 0 unspecified atom stereocenters. The average Bonchev–Trinajstić information content (AvgIpc) is 2.76. The maximum atomic E-state index is 6.28. The molecule has 1 aromatic heterocycles. The lowest BCUT2D eigenvalue weighted by Crippen LogP contribution is -2.13. The Hall–Kier alpha value is -2.21. The fourth-order valence-electron chi connectivity index (χ4n) is 2.94. The Morgan fingerprint density at radius 1 is 0.871 bits per heavy atom. The molecule has 0 atom stereocenters. The monoisotopic (exact) mass is 538 g/mol. The smallest absolute Gasteiger partial charge is 0.162 e. The number of benzene rings is 2. The van der Waals surface area contributed by atoms with E-state index in [0.717, 1.165) is 9.13 Å². The Kier molecular flexibility index (Phi) is 9.07. The summed E-state index contributed by atoms with van der Waals surface area (Å²) < 4.78 is 23.1. The standard InChI is InChI=1S/C22H27IN4O4/c1-2-28-8-9-29-10-11-30-12-13-31-20-17(24)6-7-18-19(20)21(25)27-22(26-18)15-4-3-5-16(23)14-15/h3-7,14H,2,8-13,24H2,1H3,(H2,25,26,27). The second-order valence-electron chi connectivity index (χ2n) is 6.59. The zero-order chi connectivity index (χ0) is 22.1. The Bertz CT molecular complexity index is 1000. The maximum absolute atomic E-state index is 6.28. The molecule has 0 radical (unpaired) electrons. The summed E-state index contributed by atoms with van der Waals surface area (Å²) in [4.78, 5) is 9.14. The minimum atomic E-state index is 0.320. The topological polar surface area (TPSA) is 115 Å². The highest BCUT2D eigenvalue weighted by Gasteiger charge is 2.15. The van der Waals surface area contributed by atoms with E-state index in [1.165, 1.54) is 0 Å². The van der Waals surface area contributed by atoms with Crippen LogP contribution in [0.5, 0.6) is 5.75 Å². The van der Waals surface area contributed by atoms with E-state index in [1.807, 2.05) is 37.3 Å². The van der Waals surface area contributed by atoms with Gasteiger partial charge in [-0.2, -0.15) is 0 Å². The quantitative estimate of drug-likeness (QED) is 0.205. The Morgan fingerprint density at radius 3 is 2.29 bits per heavy atom. The van der Waals surface area contributed by atoms with Crippen LogP contribution >= 0.6 is 22.6 Å². The van der Waals surface area contributed by atoms with Crippen LogP contribution < -0.4 is 16.2 Å². The van der Waals surface area contributed by atoms with Crippen LogP contribution in [-0.4, -0.2) is 56.2 Å². The normalized spacial score (nSPS) is 11.2. The van der Waals surface area contributed by atoms with Gasteiger partial charge in [-0.05, 0) is 53.8 Å². The van der Waals surface area contributed by atoms with Gasteiger partial charge in [0.1, 0.15) is 12.4 Å². The third kappa shape index (κ3) is 6.63. The molecular weight excluding hydrogens is 511 g/mol. The minimum Gasteiger partial charge on any atom is -0.488 e. The molecule has 9 heteroatoms. The van der Waals surface area contributed by atoms with E-state index in [4.69, 9.17) is 30.4 Å². The van der Waals surface area contributed by atoms with Crippen LogP contribution in [0.25, 0.3) is 22.3 Å². The van der Waals surface area contributed by atoms with Gasteiger partial charge in [-0.25, -0.2) is 9.97 Å². The number of rotatable bonds is 12. The van der Waals surface area contributed by atoms with Crippen LogP contribution in [0.15, 0.2) is 36.4 Å². The third-order valence-corrected chi connectivity index (χ3v) is 5.05. The molecule has 0 aliphatic carbocycles. The van der Waals surface area contributed by atoms with Gasteiger partial charge in [-0.3, -0.25) is 0 Å². The van der Waals surface area contributed by atoms with Crippen molar-refractivity contribution in [2.45, 2.75) is 6.92 Å². The van der Waals surface area contributed by atoms with Crippen LogP contribution in [-0.2, 0) is 14.2 Å². The Balaban J connectivity index is 1.61. The number of nitrogens with zero attached hydrogens (tertiary/aromatic N) is 2. The van der Waals surface area contributed by atoms with Crippen molar-refractivity contribution in [2.24, 2.45) is 0 Å². The van der Waals surface area contributed by atoms with E-state index in [1.54, 1.807) is 6.07 Å². The van der Waals surface area contributed by atoms with Gasteiger partial charge in [0.15, 0.2) is 11.6 Å². The molecule has 3 aromatic rings. The van der Waals surface area contributed by atoms with Crippen molar-refractivity contribution in [1.82, 2.24) is 9.97 Å². The number of nitrogens with two attached hydrogens (primary N) is 2. The highest BCUT2D eigenvalue weighted by Crippen LogP contribution is 2.35. The lowest BCUT2D eigenvalue weighted by Gasteiger charge is -2.14. The van der Waals surface area contributed by atoms with Crippen molar-refractivity contribution >= 4 is 45.0 Å². The first-order chi connectivity index (χ1) is 15.1. The summed E-state index contributed by atoms with van der Waals surface area (Å²) in [6, 6.07) is 11.5. The van der Waals surface area contributed by atoms with Crippen molar-refractivity contribution in [3.63, 3.8) is 0 Å². The molecule has 3 rings (SSSR count). The Morgan fingerprint density at radius 2 is 1.58 bits per heavy atom. The second-order valence-corrected chi connectivity index (χ2v) is 7.84. The summed E-state index contributed by atoms with van der Waals surface area (Å²) in [7, 11) is 0. The molecule has 0 fully saturated rings. The van der Waals surface area contributed by atoms with Gasteiger partial charge in [-0.15, -0.1) is 0 Å². The summed E-state index contributed by atoms with van der Waals surface area (Å²) in [5.41, 5.74) is 14.5. The van der Waals surface area contributed by atoms with Crippen LogP contribution in [0.2, 0.25) is 0 Å². The number of halogens is 1. The van der Waals surface area contributed by atoms with Crippen LogP contribution in [0.4, 0.5) is 11.5 Å². The predicted molar refractivity (Wildman–Crippen MR) is 130 cm³/mol. The molecule has 8 nitrogen and oxygen atoms in total. The SMILES string of the molecule is CCOCCOCCOCCOc1c(N)ccc2nc(-c3cccc(I)c3)nc(N)c12. The summed E-state index contributed by atoms with van der Waals surface area (Å²) in [5.74, 6) is 1.36. The average molecular weight is 538 g/mol. The number of anilines is 2. The summed E-state index contributed by atoms with van der Waals surface area (Å²) in [6.07, 6.45) is 0. The first kappa shape index (κ1) is 23.5. The van der Waals surface area contributed by atoms with Crippen LogP contribution in [0, 0.1) is 3.57 Å². The molecule has 4 N–H and O–H groups in total. The van der Waals surface area contributed by atoms with Crippen molar-refractivity contribution in [1.29, 1.82) is 0 Å². The van der Waals surface area contributed by atoms with Gasteiger partial charge in [0.25, 0.3) is 0 Å². The number of fused-ring (bicyclic) bond motifs is 1. The highest BCUT2D eigenvalue weighted by molar-refractivity contribution is 14.1.